The maximum absolute atomic E-state index is 5.57. The van der Waals surface area contributed by atoms with Crippen LogP contribution >= 0.6 is 0 Å². The molecule has 0 aromatic heterocycles. The van der Waals surface area contributed by atoms with E-state index < -0.39 is 0 Å². The van der Waals surface area contributed by atoms with Crippen LogP contribution in [0.5, 0.6) is 0 Å². The Morgan fingerprint density at radius 3 is 2.67 bits per heavy atom. The molecule has 1 aliphatic rings. The summed E-state index contributed by atoms with van der Waals surface area (Å²) in [4.78, 5) is 2.51. The predicted octanol–water partition coefficient (Wildman–Crippen LogP) is 2.29. The quantitative estimate of drug-likeness (QED) is 0.491. The number of nitrogens with zero attached hydrogens (tertiary/aromatic N) is 1. The fraction of sp³-hybridized carbons (Fsp3) is 0.846. The lowest BCUT2D eigenvalue weighted by Gasteiger charge is -2.26. The Hall–Kier alpha value is -0.520. The van der Waals surface area contributed by atoms with E-state index in [1.807, 2.05) is 6.92 Å². The molecule has 1 aliphatic heterocycles. The summed E-state index contributed by atoms with van der Waals surface area (Å²) in [6.45, 7) is 7.29. The Morgan fingerprint density at radius 1 is 1.13 bits per heavy atom. The van der Waals surface area contributed by atoms with Crippen LogP contribution in [0.1, 0.15) is 39.0 Å². The topological polar surface area (TPSA) is 12.5 Å². The molecule has 15 heavy (non-hydrogen) atoms. The van der Waals surface area contributed by atoms with Crippen LogP contribution in [-0.2, 0) is 4.74 Å². The summed E-state index contributed by atoms with van der Waals surface area (Å²) in [5, 5.41) is 0. The molecule has 0 spiro atoms. The third-order valence-corrected chi connectivity index (χ3v) is 2.77. The molecule has 1 fully saturated rings. The van der Waals surface area contributed by atoms with E-state index in [1.54, 1.807) is 0 Å². The van der Waals surface area contributed by atoms with Gasteiger partial charge in [-0.15, -0.1) is 11.8 Å². The fourth-order valence-corrected chi connectivity index (χ4v) is 1.87. The SMILES string of the molecule is CC#CCCCOCCN1CCCCC1. The van der Waals surface area contributed by atoms with Gasteiger partial charge in [0.2, 0.25) is 0 Å². The lowest BCUT2D eigenvalue weighted by molar-refractivity contribution is 0.0956. The van der Waals surface area contributed by atoms with E-state index in [2.05, 4.69) is 16.7 Å². The van der Waals surface area contributed by atoms with Gasteiger partial charge in [-0.1, -0.05) is 6.42 Å². The van der Waals surface area contributed by atoms with Crippen molar-refractivity contribution in [3.05, 3.63) is 0 Å². The number of piperidine rings is 1. The van der Waals surface area contributed by atoms with Crippen molar-refractivity contribution < 1.29 is 4.74 Å². The Kier molecular flexibility index (Phi) is 7.33. The zero-order valence-corrected chi connectivity index (χ0v) is 9.93. The van der Waals surface area contributed by atoms with Crippen molar-refractivity contribution in [3.8, 4) is 11.8 Å². The van der Waals surface area contributed by atoms with Crippen LogP contribution in [0.4, 0.5) is 0 Å². The third kappa shape index (κ3) is 6.54. The van der Waals surface area contributed by atoms with Crippen LogP contribution < -0.4 is 0 Å². The Bertz CT molecular complexity index is 198. The average molecular weight is 209 g/mol. The van der Waals surface area contributed by atoms with E-state index in [9.17, 15) is 0 Å². The molecule has 0 saturated carbocycles. The molecular weight excluding hydrogens is 186 g/mol. The second kappa shape index (κ2) is 8.76. The largest absolute Gasteiger partial charge is 0.380 e. The summed E-state index contributed by atoms with van der Waals surface area (Å²) >= 11 is 0. The summed E-state index contributed by atoms with van der Waals surface area (Å²) in [6, 6.07) is 0. The highest BCUT2D eigenvalue weighted by atomic mass is 16.5. The van der Waals surface area contributed by atoms with Crippen LogP contribution in [0.2, 0.25) is 0 Å². The zero-order valence-electron chi connectivity index (χ0n) is 9.93. The van der Waals surface area contributed by atoms with Crippen molar-refractivity contribution in [3.63, 3.8) is 0 Å². The molecule has 0 aromatic carbocycles. The first kappa shape index (κ1) is 12.5. The minimum atomic E-state index is 0.864. The molecule has 0 amide bonds. The minimum Gasteiger partial charge on any atom is -0.380 e. The zero-order chi connectivity index (χ0) is 10.8. The van der Waals surface area contributed by atoms with Gasteiger partial charge < -0.3 is 9.64 Å². The fourth-order valence-electron chi connectivity index (χ4n) is 1.87. The van der Waals surface area contributed by atoms with Gasteiger partial charge in [0, 0.05) is 19.6 Å². The van der Waals surface area contributed by atoms with Crippen molar-refractivity contribution in [2.45, 2.75) is 39.0 Å². The number of ether oxygens (including phenoxy) is 1. The molecule has 86 valence electrons. The molecule has 0 aromatic rings. The van der Waals surface area contributed by atoms with Gasteiger partial charge in [0.05, 0.1) is 6.61 Å². The van der Waals surface area contributed by atoms with Crippen LogP contribution in [0.25, 0.3) is 0 Å². The van der Waals surface area contributed by atoms with Gasteiger partial charge >= 0.3 is 0 Å². The molecule has 0 N–H and O–H groups in total. The highest BCUT2D eigenvalue weighted by molar-refractivity contribution is 4.94. The lowest BCUT2D eigenvalue weighted by Crippen LogP contribution is -2.32. The second-order valence-corrected chi connectivity index (χ2v) is 4.05. The van der Waals surface area contributed by atoms with Crippen molar-refractivity contribution in [2.75, 3.05) is 32.8 Å². The number of hydrogen-bond acceptors (Lipinski definition) is 2. The van der Waals surface area contributed by atoms with Gasteiger partial charge in [-0.05, 0) is 39.3 Å². The van der Waals surface area contributed by atoms with Crippen LogP contribution in [0.15, 0.2) is 0 Å². The molecule has 1 rings (SSSR count). The second-order valence-electron chi connectivity index (χ2n) is 4.05. The lowest BCUT2D eigenvalue weighted by atomic mass is 10.1. The molecule has 0 radical (unpaired) electrons. The van der Waals surface area contributed by atoms with E-state index in [0.29, 0.717) is 0 Å². The van der Waals surface area contributed by atoms with Gasteiger partial charge in [-0.2, -0.15) is 0 Å². The van der Waals surface area contributed by atoms with Gasteiger partial charge in [0.1, 0.15) is 0 Å². The molecule has 1 saturated heterocycles. The maximum atomic E-state index is 5.57. The van der Waals surface area contributed by atoms with Gasteiger partial charge in [-0.3, -0.25) is 0 Å². The molecular formula is C13H23NO. The van der Waals surface area contributed by atoms with E-state index in [0.717, 1.165) is 32.6 Å². The molecule has 0 aliphatic carbocycles. The van der Waals surface area contributed by atoms with Crippen LogP contribution in [0.3, 0.4) is 0 Å². The number of rotatable bonds is 6. The van der Waals surface area contributed by atoms with Gasteiger partial charge in [0.25, 0.3) is 0 Å². The molecule has 2 heteroatoms. The summed E-state index contributed by atoms with van der Waals surface area (Å²) in [6.07, 6.45) is 6.19. The highest BCUT2D eigenvalue weighted by Gasteiger charge is 2.08. The average Bonchev–Trinajstić information content (AvgIpc) is 2.29. The third-order valence-electron chi connectivity index (χ3n) is 2.77. The van der Waals surface area contributed by atoms with Crippen LogP contribution in [-0.4, -0.2) is 37.7 Å². The normalized spacial score (nSPS) is 17.1. The monoisotopic (exact) mass is 209 g/mol. The van der Waals surface area contributed by atoms with E-state index in [1.165, 1.54) is 32.4 Å². The summed E-state index contributed by atoms with van der Waals surface area (Å²) in [5.41, 5.74) is 0. The Balaban J connectivity index is 1.85. The predicted molar refractivity (Wildman–Crippen MR) is 63.8 cm³/mol. The van der Waals surface area contributed by atoms with Crippen molar-refractivity contribution in [1.82, 2.24) is 4.90 Å². The Labute approximate surface area is 94.0 Å². The summed E-state index contributed by atoms with van der Waals surface area (Å²) in [7, 11) is 0. The first-order chi connectivity index (χ1) is 7.43. The minimum absolute atomic E-state index is 0.864. The van der Waals surface area contributed by atoms with E-state index in [-0.39, 0.29) is 0 Å². The summed E-state index contributed by atoms with van der Waals surface area (Å²) in [5.74, 6) is 5.94. The molecule has 1 heterocycles. The standard InChI is InChI=1S/C13H23NO/c1-2-3-4-8-12-15-13-11-14-9-6-5-7-10-14/h4-13H2,1H3. The smallest absolute Gasteiger partial charge is 0.0593 e. The first-order valence-corrected chi connectivity index (χ1v) is 6.13. The maximum Gasteiger partial charge on any atom is 0.0593 e. The van der Waals surface area contributed by atoms with Crippen molar-refractivity contribution in [1.29, 1.82) is 0 Å². The Morgan fingerprint density at radius 2 is 1.93 bits per heavy atom. The van der Waals surface area contributed by atoms with E-state index in [4.69, 9.17) is 4.74 Å². The molecule has 0 unspecified atom stereocenters. The summed E-state index contributed by atoms with van der Waals surface area (Å²) < 4.78 is 5.57. The number of likely N-dealkylation sites (tertiary alicyclic amines) is 1. The first-order valence-electron chi connectivity index (χ1n) is 6.13. The van der Waals surface area contributed by atoms with Crippen molar-refractivity contribution in [2.24, 2.45) is 0 Å². The van der Waals surface area contributed by atoms with E-state index >= 15 is 0 Å². The highest BCUT2D eigenvalue weighted by Crippen LogP contribution is 2.07. The number of hydrogen-bond donors (Lipinski definition) is 0. The molecule has 0 bridgehead atoms. The van der Waals surface area contributed by atoms with Crippen LogP contribution in [0, 0.1) is 11.8 Å². The number of unbranched alkanes of at least 4 members (excludes halogenated alkanes) is 1. The molecule has 0 atom stereocenters. The van der Waals surface area contributed by atoms with Gasteiger partial charge in [-0.25, -0.2) is 0 Å². The van der Waals surface area contributed by atoms with Gasteiger partial charge in [0.15, 0.2) is 0 Å². The molecule has 2 nitrogen and oxygen atoms in total. The van der Waals surface area contributed by atoms with Crippen molar-refractivity contribution >= 4 is 0 Å².